The van der Waals surface area contributed by atoms with E-state index in [2.05, 4.69) is 10.3 Å². The first-order valence-electron chi connectivity index (χ1n) is 6.84. The minimum Gasteiger partial charge on any atom is -0.364 e. The van der Waals surface area contributed by atoms with Gasteiger partial charge in [-0.05, 0) is 44.9 Å². The number of carbonyl (C=O) groups is 1. The van der Waals surface area contributed by atoms with Gasteiger partial charge in [0.1, 0.15) is 11.6 Å². The van der Waals surface area contributed by atoms with Crippen molar-refractivity contribution in [1.82, 2.24) is 15.0 Å². The molecular weight excluding hydrogens is 278 g/mol. The zero-order valence-corrected chi connectivity index (χ0v) is 12.2. The van der Waals surface area contributed by atoms with Crippen molar-refractivity contribution < 1.29 is 14.9 Å². The van der Waals surface area contributed by atoms with E-state index in [-0.39, 0.29) is 28.4 Å². The van der Waals surface area contributed by atoms with Gasteiger partial charge in [0.2, 0.25) is 0 Å². The summed E-state index contributed by atoms with van der Waals surface area (Å²) in [6, 6.07) is -1.22. The van der Waals surface area contributed by atoms with Crippen molar-refractivity contribution in [2.75, 3.05) is 0 Å². The van der Waals surface area contributed by atoms with Crippen molar-refractivity contribution in [3.63, 3.8) is 0 Å². The van der Waals surface area contributed by atoms with Crippen LogP contribution in [-0.2, 0) is 0 Å². The number of hydrogen-bond donors (Lipinski definition) is 1. The van der Waals surface area contributed by atoms with Crippen molar-refractivity contribution >= 4 is 5.91 Å². The van der Waals surface area contributed by atoms with Gasteiger partial charge >= 0.3 is 0 Å². The minimum atomic E-state index is -0.941. The largest absolute Gasteiger partial charge is 0.364 e. The maximum atomic E-state index is 14.5. The van der Waals surface area contributed by atoms with Crippen LogP contribution in [0.3, 0.4) is 0 Å². The molecule has 7 heteroatoms. The molecule has 0 aliphatic rings. The van der Waals surface area contributed by atoms with Crippen LogP contribution in [0.1, 0.15) is 47.2 Å². The third-order valence-electron chi connectivity index (χ3n) is 3.61. The van der Waals surface area contributed by atoms with Crippen LogP contribution in [-0.4, -0.2) is 20.9 Å². The number of nitrogens with zero attached hydrogens (tertiary/aromatic N) is 3. The summed E-state index contributed by atoms with van der Waals surface area (Å²) in [5, 5.41) is 7.38. The van der Waals surface area contributed by atoms with E-state index in [1.165, 1.54) is 32.4 Å². The molecule has 21 heavy (non-hydrogen) atoms. The molecule has 1 aromatic heterocycles. The summed E-state index contributed by atoms with van der Waals surface area (Å²) < 4.78 is 37.8. The van der Waals surface area contributed by atoms with Crippen molar-refractivity contribution in [1.29, 1.82) is 0 Å². The second-order valence-corrected chi connectivity index (χ2v) is 4.92. The molecule has 1 heterocycles. The van der Waals surface area contributed by atoms with E-state index in [1.807, 2.05) is 0 Å². The monoisotopic (exact) mass is 295 g/mol. The Balaban J connectivity index is 2.65. The zero-order chi connectivity index (χ0) is 16.8. The number of halogens is 2. The van der Waals surface area contributed by atoms with E-state index in [0.717, 1.165) is 0 Å². The van der Waals surface area contributed by atoms with Crippen LogP contribution >= 0.6 is 0 Å². The maximum absolute atomic E-state index is 14.5. The fraction of sp³-hybridized carbons (Fsp3) is 0.357. The highest BCUT2D eigenvalue weighted by molar-refractivity contribution is 5.91. The zero-order valence-electron chi connectivity index (χ0n) is 13.2. The molecule has 2 rings (SSSR count). The Bertz CT molecular complexity index is 744. The summed E-state index contributed by atoms with van der Waals surface area (Å²) in [4.78, 5) is 11.2. The van der Waals surface area contributed by atoms with Gasteiger partial charge in [0.25, 0.3) is 5.91 Å². The molecule has 1 amide bonds. The summed E-state index contributed by atoms with van der Waals surface area (Å²) >= 11 is 0. The molecule has 0 saturated heterocycles. The maximum Gasteiger partial charge on any atom is 0.271 e. The normalized spacial score (nSPS) is 13.1. The summed E-state index contributed by atoms with van der Waals surface area (Å²) in [6.07, 6.45) is 0. The second kappa shape index (κ2) is 5.23. The number of aromatic nitrogens is 3. The van der Waals surface area contributed by atoms with E-state index in [4.69, 9.17) is 7.10 Å². The molecule has 0 fully saturated rings. The van der Waals surface area contributed by atoms with Gasteiger partial charge < -0.3 is 5.73 Å². The van der Waals surface area contributed by atoms with Crippen LogP contribution in [0.25, 0.3) is 0 Å². The van der Waals surface area contributed by atoms with Gasteiger partial charge in [-0.1, -0.05) is 5.21 Å². The van der Waals surface area contributed by atoms with Crippen molar-refractivity contribution in [2.24, 2.45) is 5.73 Å². The van der Waals surface area contributed by atoms with Crippen LogP contribution in [0.5, 0.6) is 0 Å². The first-order valence-corrected chi connectivity index (χ1v) is 6.34. The highest BCUT2D eigenvalue weighted by Gasteiger charge is 2.24. The summed E-state index contributed by atoms with van der Waals surface area (Å²) in [5.74, 6) is -2.43. The van der Waals surface area contributed by atoms with Crippen LogP contribution in [0.2, 0.25) is 0 Å². The average molecular weight is 295 g/mol. The molecule has 0 saturated carbocycles. The lowest BCUT2D eigenvalue weighted by Gasteiger charge is -2.17. The molecule has 2 N–H and O–H groups in total. The first kappa shape index (κ1) is 13.7. The third kappa shape index (κ3) is 2.39. The first-order chi connectivity index (χ1) is 10.2. The Morgan fingerprint density at radius 1 is 1.43 bits per heavy atom. The van der Waals surface area contributed by atoms with Crippen LogP contribution < -0.4 is 5.73 Å². The number of carbonyl (C=O) groups excluding carboxylic acids is 1. The molecule has 2 aromatic rings. The minimum absolute atomic E-state index is 0.0532. The number of hydrogen-bond acceptors (Lipinski definition) is 3. The predicted molar refractivity (Wildman–Crippen MR) is 72.9 cm³/mol. The Morgan fingerprint density at radius 3 is 2.57 bits per heavy atom. The third-order valence-corrected chi connectivity index (χ3v) is 3.61. The molecule has 0 radical (unpaired) electrons. The molecule has 0 bridgehead atoms. The van der Waals surface area contributed by atoms with Gasteiger partial charge in [0.05, 0.1) is 13.1 Å². The highest BCUT2D eigenvalue weighted by Crippen LogP contribution is 2.28. The molecule has 1 aromatic carbocycles. The lowest BCUT2D eigenvalue weighted by molar-refractivity contribution is 0.0995. The molecule has 1 atom stereocenters. The Labute approximate surface area is 122 Å². The van der Waals surface area contributed by atoms with E-state index < -0.39 is 23.6 Å². The van der Waals surface area contributed by atoms with E-state index in [1.54, 1.807) is 0 Å². The van der Waals surface area contributed by atoms with Crippen molar-refractivity contribution in [2.45, 2.75) is 33.7 Å². The van der Waals surface area contributed by atoms with Gasteiger partial charge in [-0.2, -0.15) is 0 Å². The number of primary amides is 1. The number of nitrogens with two attached hydrogens (primary N) is 1. The summed E-state index contributed by atoms with van der Waals surface area (Å²) in [6.45, 7) is 6.03. The average Bonchev–Trinajstić information content (AvgIpc) is 2.85. The molecule has 0 aliphatic heterocycles. The fourth-order valence-corrected chi connectivity index (χ4v) is 2.21. The molecular formula is C14H16F2N4O. The van der Waals surface area contributed by atoms with E-state index >= 15 is 0 Å². The Kier molecular flexibility index (Phi) is 3.40. The molecule has 5 nitrogen and oxygen atoms in total. The van der Waals surface area contributed by atoms with Gasteiger partial charge in [0.15, 0.2) is 5.69 Å². The second-order valence-electron chi connectivity index (χ2n) is 4.92. The molecule has 0 spiro atoms. The lowest BCUT2D eigenvalue weighted by atomic mass is 10.00. The van der Waals surface area contributed by atoms with E-state index in [0.29, 0.717) is 5.69 Å². The molecule has 0 aliphatic carbocycles. The number of benzene rings is 1. The van der Waals surface area contributed by atoms with Crippen molar-refractivity contribution in [3.8, 4) is 0 Å². The fourth-order valence-electron chi connectivity index (χ4n) is 2.21. The van der Waals surface area contributed by atoms with E-state index in [9.17, 15) is 13.6 Å². The number of amides is 1. The molecule has 112 valence electrons. The van der Waals surface area contributed by atoms with Gasteiger partial charge in [-0.15, -0.1) is 5.10 Å². The SMILES string of the molecule is [2H]c1c(C)c(C)c(F)c(C(C)n2nnc(C(N)=O)c2C)c1F. The van der Waals surface area contributed by atoms with Gasteiger partial charge in [-0.25, -0.2) is 13.5 Å². The topological polar surface area (TPSA) is 73.8 Å². The van der Waals surface area contributed by atoms with Crippen LogP contribution in [0.4, 0.5) is 8.78 Å². The quantitative estimate of drug-likeness (QED) is 0.943. The molecule has 1 unspecified atom stereocenters. The van der Waals surface area contributed by atoms with Crippen LogP contribution in [0, 0.1) is 32.4 Å². The smallest absolute Gasteiger partial charge is 0.271 e. The van der Waals surface area contributed by atoms with Gasteiger partial charge in [0, 0.05) is 5.56 Å². The van der Waals surface area contributed by atoms with Crippen molar-refractivity contribution in [3.05, 3.63) is 45.8 Å². The lowest BCUT2D eigenvalue weighted by Crippen LogP contribution is -2.17. The number of rotatable bonds is 3. The Hall–Kier alpha value is -2.31. The Morgan fingerprint density at radius 2 is 2.05 bits per heavy atom. The predicted octanol–water partition coefficient (Wildman–Crippen LogP) is 2.19. The summed E-state index contributed by atoms with van der Waals surface area (Å²) in [7, 11) is 0. The van der Waals surface area contributed by atoms with Crippen LogP contribution in [0.15, 0.2) is 6.04 Å². The summed E-state index contributed by atoms with van der Waals surface area (Å²) in [5.41, 5.74) is 5.60. The highest BCUT2D eigenvalue weighted by atomic mass is 19.1. The van der Waals surface area contributed by atoms with Gasteiger partial charge in [-0.3, -0.25) is 4.79 Å². The standard InChI is InChI=1S/C14H16F2N4O/c1-6-5-10(15)11(12(16)7(6)2)8(3)20-9(4)13(14(17)21)18-19-20/h5,8H,1-4H3,(H2,17,21)/i5D.